The molecule has 2 saturated heterocycles. The first-order valence-electron chi connectivity index (χ1n) is 9.91. The molecule has 3 aromatic carbocycles. The fourth-order valence-corrected chi connectivity index (χ4v) is 4.25. The number of phenolic OH excluding ortho intramolecular Hbond substituents is 1. The van der Waals surface area contributed by atoms with Crippen LogP contribution in [0, 0.1) is 5.92 Å². The lowest BCUT2D eigenvalue weighted by molar-refractivity contribution is -0.126. The van der Waals surface area contributed by atoms with E-state index in [1.165, 1.54) is 0 Å². The number of hydrogen-bond acceptors (Lipinski definition) is 6. The molecule has 31 heavy (non-hydrogen) atoms. The van der Waals surface area contributed by atoms with Crippen LogP contribution in [0.4, 0.5) is 11.4 Å². The predicted octanol–water partition coefficient (Wildman–Crippen LogP) is 3.45. The Labute approximate surface area is 179 Å². The molecule has 5 rings (SSSR count). The van der Waals surface area contributed by atoms with Gasteiger partial charge in [-0.3, -0.25) is 14.4 Å². The van der Waals surface area contributed by atoms with Gasteiger partial charge in [-0.05, 0) is 42.5 Å². The average Bonchev–Trinajstić information content (AvgIpc) is 3.31. The Balaban J connectivity index is 1.58. The number of benzene rings is 3. The topological polar surface area (TPSA) is 79.3 Å². The second kappa shape index (κ2) is 7.45. The zero-order chi connectivity index (χ0) is 21.5. The van der Waals surface area contributed by atoms with E-state index in [0.717, 1.165) is 4.90 Å². The first kappa shape index (κ1) is 19.1. The van der Waals surface area contributed by atoms with Crippen molar-refractivity contribution in [1.82, 2.24) is 0 Å². The fourth-order valence-electron chi connectivity index (χ4n) is 4.25. The molecule has 7 nitrogen and oxygen atoms in total. The number of carbonyl (C=O) groups excluding carboxylic acids is 2. The molecule has 2 aliphatic rings. The molecular weight excluding hydrogens is 396 g/mol. The lowest BCUT2D eigenvalue weighted by Gasteiger charge is -2.29. The number of amides is 2. The Morgan fingerprint density at radius 1 is 0.839 bits per heavy atom. The Bertz CT molecular complexity index is 1130. The number of anilines is 2. The number of nitrogens with zero attached hydrogens (tertiary/aromatic N) is 2. The van der Waals surface area contributed by atoms with Crippen molar-refractivity contribution < 1.29 is 24.3 Å². The molecular formula is C24H20N2O5. The van der Waals surface area contributed by atoms with Crippen molar-refractivity contribution in [3.63, 3.8) is 0 Å². The highest BCUT2D eigenvalue weighted by atomic mass is 16.7. The van der Waals surface area contributed by atoms with E-state index in [1.54, 1.807) is 60.7 Å². The van der Waals surface area contributed by atoms with Crippen LogP contribution in [0.5, 0.6) is 11.5 Å². The number of rotatable bonds is 4. The number of methoxy groups -OCH3 is 1. The lowest BCUT2D eigenvalue weighted by Crippen LogP contribution is -2.37. The van der Waals surface area contributed by atoms with Crippen molar-refractivity contribution in [2.45, 2.75) is 12.1 Å². The minimum atomic E-state index is -0.987. The summed E-state index contributed by atoms with van der Waals surface area (Å²) in [6.07, 6.45) is -0.987. The Morgan fingerprint density at radius 2 is 1.52 bits per heavy atom. The van der Waals surface area contributed by atoms with Crippen molar-refractivity contribution in [3.05, 3.63) is 84.4 Å². The first-order valence-corrected chi connectivity index (χ1v) is 9.91. The highest BCUT2D eigenvalue weighted by molar-refractivity contribution is 6.24. The van der Waals surface area contributed by atoms with Crippen LogP contribution in [0.3, 0.4) is 0 Å². The number of phenols is 1. The summed E-state index contributed by atoms with van der Waals surface area (Å²) < 4.78 is 5.16. The molecule has 2 heterocycles. The Kier molecular flexibility index (Phi) is 4.60. The van der Waals surface area contributed by atoms with Crippen LogP contribution in [-0.2, 0) is 14.4 Å². The quantitative estimate of drug-likeness (QED) is 0.657. The molecule has 2 amide bonds. The van der Waals surface area contributed by atoms with Crippen LogP contribution in [0.1, 0.15) is 11.6 Å². The highest BCUT2D eigenvalue weighted by Gasteiger charge is 2.60. The minimum absolute atomic E-state index is 0.0424. The fraction of sp³-hybridized carbons (Fsp3) is 0.167. The average molecular weight is 416 g/mol. The number of ether oxygens (including phenoxy) is 1. The van der Waals surface area contributed by atoms with E-state index in [2.05, 4.69) is 0 Å². The number of para-hydroxylation sites is 2. The van der Waals surface area contributed by atoms with Gasteiger partial charge in [0.1, 0.15) is 17.4 Å². The SMILES string of the molecule is COc1ccc(N2C(=O)[C@@H]3[C@H](ON(c4ccccc4)[C@H]3c3ccccc3O)C2=O)cc1. The monoisotopic (exact) mass is 416 g/mol. The normalized spacial score (nSPS) is 22.7. The molecule has 7 heteroatoms. The molecule has 0 bridgehead atoms. The standard InChI is InChI=1S/C24H20N2O5/c1-30-17-13-11-15(12-14-17)25-23(28)20-21(18-9-5-6-10-19(18)27)26(31-22(20)24(25)29)16-7-3-2-4-8-16/h2-14,20-22,27H,1H3/t20-,21-,22-/m0/s1. The Hall–Kier alpha value is -3.84. The van der Waals surface area contributed by atoms with E-state index < -0.39 is 24.0 Å². The molecule has 3 aromatic rings. The molecule has 156 valence electrons. The van der Waals surface area contributed by atoms with E-state index in [-0.39, 0.29) is 11.7 Å². The third kappa shape index (κ3) is 3.02. The zero-order valence-electron chi connectivity index (χ0n) is 16.7. The zero-order valence-corrected chi connectivity index (χ0v) is 16.7. The van der Waals surface area contributed by atoms with Gasteiger partial charge < -0.3 is 9.84 Å². The summed E-state index contributed by atoms with van der Waals surface area (Å²) in [6.45, 7) is 0. The second-order valence-corrected chi connectivity index (χ2v) is 7.43. The maximum Gasteiger partial charge on any atom is 0.266 e. The number of hydrogen-bond donors (Lipinski definition) is 1. The molecule has 0 spiro atoms. The van der Waals surface area contributed by atoms with Crippen LogP contribution in [0.25, 0.3) is 0 Å². The summed E-state index contributed by atoms with van der Waals surface area (Å²) >= 11 is 0. The van der Waals surface area contributed by atoms with Gasteiger partial charge in [-0.15, -0.1) is 0 Å². The van der Waals surface area contributed by atoms with E-state index in [9.17, 15) is 14.7 Å². The van der Waals surface area contributed by atoms with Crippen molar-refractivity contribution >= 4 is 23.2 Å². The second-order valence-electron chi connectivity index (χ2n) is 7.43. The smallest absolute Gasteiger partial charge is 0.266 e. The molecule has 3 atom stereocenters. The number of fused-ring (bicyclic) bond motifs is 1. The summed E-state index contributed by atoms with van der Waals surface area (Å²) in [7, 11) is 1.55. The van der Waals surface area contributed by atoms with Crippen molar-refractivity contribution in [1.29, 1.82) is 0 Å². The highest BCUT2D eigenvalue weighted by Crippen LogP contribution is 2.49. The van der Waals surface area contributed by atoms with Gasteiger partial charge in [-0.2, -0.15) is 0 Å². The summed E-state index contributed by atoms with van der Waals surface area (Å²) in [4.78, 5) is 34.0. The third-order valence-electron chi connectivity index (χ3n) is 5.71. The predicted molar refractivity (Wildman–Crippen MR) is 114 cm³/mol. The van der Waals surface area contributed by atoms with Gasteiger partial charge in [0, 0.05) is 5.56 Å². The lowest BCUT2D eigenvalue weighted by atomic mass is 9.90. The molecule has 1 N–H and O–H groups in total. The molecule has 0 aromatic heterocycles. The molecule has 2 aliphatic heterocycles. The number of hydroxylamine groups is 1. The van der Waals surface area contributed by atoms with E-state index >= 15 is 0 Å². The van der Waals surface area contributed by atoms with Crippen LogP contribution in [0.15, 0.2) is 78.9 Å². The molecule has 0 unspecified atom stereocenters. The van der Waals surface area contributed by atoms with Crippen LogP contribution in [0.2, 0.25) is 0 Å². The maximum absolute atomic E-state index is 13.5. The molecule has 2 fully saturated rings. The van der Waals surface area contributed by atoms with Gasteiger partial charge in [-0.1, -0.05) is 36.4 Å². The van der Waals surface area contributed by atoms with Crippen LogP contribution in [-0.4, -0.2) is 30.1 Å². The van der Waals surface area contributed by atoms with Gasteiger partial charge >= 0.3 is 0 Å². The molecule has 0 radical (unpaired) electrons. The Morgan fingerprint density at radius 3 is 2.19 bits per heavy atom. The summed E-state index contributed by atoms with van der Waals surface area (Å²) in [5.74, 6) is -0.934. The molecule has 0 saturated carbocycles. The maximum atomic E-state index is 13.5. The summed E-state index contributed by atoms with van der Waals surface area (Å²) in [5.41, 5.74) is 1.68. The van der Waals surface area contributed by atoms with Gasteiger partial charge in [0.25, 0.3) is 5.91 Å². The van der Waals surface area contributed by atoms with Crippen molar-refractivity contribution in [2.75, 3.05) is 17.1 Å². The van der Waals surface area contributed by atoms with Gasteiger partial charge in [0.05, 0.1) is 24.5 Å². The van der Waals surface area contributed by atoms with Gasteiger partial charge in [0.15, 0.2) is 6.10 Å². The third-order valence-corrected chi connectivity index (χ3v) is 5.71. The number of aromatic hydroxyl groups is 1. The first-order chi connectivity index (χ1) is 15.1. The van der Waals surface area contributed by atoms with Crippen LogP contribution >= 0.6 is 0 Å². The summed E-state index contributed by atoms with van der Waals surface area (Å²) in [5, 5.41) is 12.1. The largest absolute Gasteiger partial charge is 0.508 e. The van der Waals surface area contributed by atoms with E-state index in [1.807, 2.05) is 30.3 Å². The van der Waals surface area contributed by atoms with E-state index in [0.29, 0.717) is 22.7 Å². The van der Waals surface area contributed by atoms with E-state index in [4.69, 9.17) is 9.57 Å². The molecule has 0 aliphatic carbocycles. The number of carbonyl (C=O) groups is 2. The van der Waals surface area contributed by atoms with Gasteiger partial charge in [-0.25, -0.2) is 9.96 Å². The van der Waals surface area contributed by atoms with Crippen LogP contribution < -0.4 is 14.7 Å². The van der Waals surface area contributed by atoms with Crippen molar-refractivity contribution in [3.8, 4) is 11.5 Å². The van der Waals surface area contributed by atoms with Crippen molar-refractivity contribution in [2.24, 2.45) is 5.92 Å². The summed E-state index contributed by atoms with van der Waals surface area (Å²) in [6, 6.07) is 22.1. The minimum Gasteiger partial charge on any atom is -0.508 e. The number of imide groups is 1. The van der Waals surface area contributed by atoms with Gasteiger partial charge in [0.2, 0.25) is 5.91 Å².